The van der Waals surface area contributed by atoms with E-state index in [0.717, 1.165) is 24.8 Å². The number of hydrogen-bond acceptors (Lipinski definition) is 4. The molecular formula is C19H34N2O3S. The molecule has 0 saturated heterocycles. The second-order valence-corrected chi connectivity index (χ2v) is 8.46. The van der Waals surface area contributed by atoms with Gasteiger partial charge in [0.15, 0.2) is 0 Å². The lowest BCUT2D eigenvalue weighted by atomic mass is 10.0. The second-order valence-electron chi connectivity index (χ2n) is 6.71. The van der Waals surface area contributed by atoms with Crippen LogP contribution in [0.4, 0.5) is 5.69 Å². The third-order valence-corrected chi connectivity index (χ3v) is 4.95. The van der Waals surface area contributed by atoms with Gasteiger partial charge in [0.1, 0.15) is 0 Å². The summed E-state index contributed by atoms with van der Waals surface area (Å²) in [5.41, 5.74) is 1.31. The number of rotatable bonds is 13. The fourth-order valence-electron chi connectivity index (χ4n) is 2.85. The lowest BCUT2D eigenvalue weighted by molar-refractivity contribution is 0.165. The third kappa shape index (κ3) is 9.82. The Morgan fingerprint density at radius 3 is 2.28 bits per heavy atom. The molecule has 0 aliphatic carbocycles. The van der Waals surface area contributed by atoms with Crippen LogP contribution in [0.15, 0.2) is 24.3 Å². The van der Waals surface area contributed by atoms with E-state index in [0.29, 0.717) is 18.2 Å². The number of sulfonamides is 1. The Hall–Kier alpha value is -1.11. The van der Waals surface area contributed by atoms with E-state index in [4.69, 9.17) is 0 Å². The van der Waals surface area contributed by atoms with E-state index in [1.807, 2.05) is 0 Å². The maximum absolute atomic E-state index is 11.2. The Bertz CT molecular complexity index is 573. The molecule has 3 N–H and O–H groups in total. The van der Waals surface area contributed by atoms with Gasteiger partial charge >= 0.3 is 0 Å². The molecular weight excluding hydrogens is 336 g/mol. The van der Waals surface area contributed by atoms with Crippen LogP contribution in [0.2, 0.25) is 0 Å². The van der Waals surface area contributed by atoms with Crippen LogP contribution in [0, 0.1) is 0 Å². The molecule has 144 valence electrons. The van der Waals surface area contributed by atoms with Crippen molar-refractivity contribution in [3.05, 3.63) is 29.8 Å². The number of benzene rings is 1. The Morgan fingerprint density at radius 2 is 1.72 bits per heavy atom. The topological polar surface area (TPSA) is 78.4 Å². The first-order chi connectivity index (χ1) is 11.9. The van der Waals surface area contributed by atoms with Crippen LogP contribution in [0.1, 0.15) is 70.5 Å². The molecule has 0 aromatic heterocycles. The molecule has 0 saturated carbocycles. The van der Waals surface area contributed by atoms with Gasteiger partial charge in [-0.25, -0.2) is 8.42 Å². The third-order valence-electron chi connectivity index (χ3n) is 4.35. The number of unbranched alkanes of at least 4 members (excludes halogenated alkanes) is 3. The van der Waals surface area contributed by atoms with Gasteiger partial charge in [-0.15, -0.1) is 0 Å². The molecule has 0 aliphatic rings. The zero-order chi connectivity index (χ0) is 18.7. The van der Waals surface area contributed by atoms with E-state index in [1.54, 1.807) is 24.3 Å². The van der Waals surface area contributed by atoms with E-state index in [2.05, 4.69) is 23.9 Å². The summed E-state index contributed by atoms with van der Waals surface area (Å²) in [6.45, 7) is 5.19. The highest BCUT2D eigenvalue weighted by atomic mass is 32.2. The Labute approximate surface area is 153 Å². The van der Waals surface area contributed by atoms with Crippen molar-refractivity contribution in [3.8, 4) is 0 Å². The number of aliphatic hydroxyl groups is 1. The minimum absolute atomic E-state index is 0.509. The second kappa shape index (κ2) is 11.5. The molecule has 1 aromatic carbocycles. The summed E-state index contributed by atoms with van der Waals surface area (Å²) in [5, 5.41) is 13.8. The van der Waals surface area contributed by atoms with E-state index in [1.165, 1.54) is 32.1 Å². The zero-order valence-electron chi connectivity index (χ0n) is 15.8. The van der Waals surface area contributed by atoms with Gasteiger partial charge < -0.3 is 10.4 Å². The van der Waals surface area contributed by atoms with Gasteiger partial charge in [-0.2, -0.15) is 0 Å². The van der Waals surface area contributed by atoms with Crippen LogP contribution >= 0.6 is 0 Å². The maximum atomic E-state index is 11.2. The van der Waals surface area contributed by atoms with Crippen LogP contribution in [-0.2, 0) is 10.0 Å². The first-order valence-electron chi connectivity index (χ1n) is 9.35. The molecule has 0 fully saturated rings. The fraction of sp³-hybridized carbons (Fsp3) is 0.684. The first kappa shape index (κ1) is 21.9. The van der Waals surface area contributed by atoms with Gasteiger partial charge in [0.25, 0.3) is 0 Å². The molecule has 0 heterocycles. The van der Waals surface area contributed by atoms with E-state index in [9.17, 15) is 13.5 Å². The Balaban J connectivity index is 2.36. The van der Waals surface area contributed by atoms with Crippen molar-refractivity contribution in [3.63, 3.8) is 0 Å². The average molecular weight is 371 g/mol. The Morgan fingerprint density at radius 1 is 1.04 bits per heavy atom. The lowest BCUT2D eigenvalue weighted by Gasteiger charge is -2.18. The molecule has 25 heavy (non-hydrogen) atoms. The van der Waals surface area contributed by atoms with Crippen molar-refractivity contribution in [2.24, 2.45) is 0 Å². The van der Waals surface area contributed by atoms with E-state index >= 15 is 0 Å². The van der Waals surface area contributed by atoms with E-state index < -0.39 is 16.1 Å². The summed E-state index contributed by atoms with van der Waals surface area (Å²) in [6, 6.07) is 7.40. The highest BCUT2D eigenvalue weighted by molar-refractivity contribution is 7.92. The summed E-state index contributed by atoms with van der Waals surface area (Å²) < 4.78 is 24.8. The number of anilines is 1. The fourth-order valence-corrected chi connectivity index (χ4v) is 3.41. The highest BCUT2D eigenvalue weighted by Crippen LogP contribution is 2.19. The number of hydrogen-bond donors (Lipinski definition) is 3. The molecule has 0 spiro atoms. The SMILES string of the molecule is CCCCCCC(CC)NCCC(O)c1ccc(NS(C)(=O)=O)cc1. The van der Waals surface area contributed by atoms with Crippen molar-refractivity contribution in [2.45, 2.75) is 70.9 Å². The van der Waals surface area contributed by atoms with Crippen molar-refractivity contribution >= 4 is 15.7 Å². The van der Waals surface area contributed by atoms with Crippen molar-refractivity contribution in [2.75, 3.05) is 17.5 Å². The largest absolute Gasteiger partial charge is 0.388 e. The lowest BCUT2D eigenvalue weighted by Crippen LogP contribution is -2.30. The molecule has 0 amide bonds. The predicted octanol–water partition coefficient (Wildman–Crippen LogP) is 3.82. The van der Waals surface area contributed by atoms with Crippen LogP contribution in [0.25, 0.3) is 0 Å². The summed E-state index contributed by atoms with van der Waals surface area (Å²) in [6.07, 6.45) is 8.64. The summed E-state index contributed by atoms with van der Waals surface area (Å²) in [7, 11) is -3.27. The zero-order valence-corrected chi connectivity index (χ0v) is 16.6. The van der Waals surface area contributed by atoms with Gasteiger partial charge in [0.2, 0.25) is 10.0 Å². The van der Waals surface area contributed by atoms with Crippen molar-refractivity contribution < 1.29 is 13.5 Å². The molecule has 0 bridgehead atoms. The highest BCUT2D eigenvalue weighted by Gasteiger charge is 2.10. The minimum Gasteiger partial charge on any atom is -0.388 e. The minimum atomic E-state index is -3.27. The molecule has 6 heteroatoms. The van der Waals surface area contributed by atoms with Gasteiger partial charge in [-0.1, -0.05) is 51.7 Å². The molecule has 2 unspecified atom stereocenters. The quantitative estimate of drug-likeness (QED) is 0.461. The van der Waals surface area contributed by atoms with Crippen LogP contribution in [0.5, 0.6) is 0 Å². The average Bonchev–Trinajstić information content (AvgIpc) is 2.56. The molecule has 1 rings (SSSR count). The van der Waals surface area contributed by atoms with Gasteiger partial charge in [-0.3, -0.25) is 4.72 Å². The summed E-state index contributed by atoms with van der Waals surface area (Å²) in [5.74, 6) is 0. The van der Waals surface area contributed by atoms with Gasteiger partial charge in [-0.05, 0) is 43.5 Å². The van der Waals surface area contributed by atoms with Crippen molar-refractivity contribution in [1.82, 2.24) is 5.32 Å². The summed E-state index contributed by atoms with van der Waals surface area (Å²) in [4.78, 5) is 0. The molecule has 1 aromatic rings. The molecule has 2 atom stereocenters. The predicted molar refractivity (Wildman–Crippen MR) is 105 cm³/mol. The van der Waals surface area contributed by atoms with Gasteiger partial charge in [0, 0.05) is 11.7 Å². The van der Waals surface area contributed by atoms with Crippen molar-refractivity contribution in [1.29, 1.82) is 0 Å². The molecule has 0 aliphatic heterocycles. The monoisotopic (exact) mass is 370 g/mol. The molecule has 5 nitrogen and oxygen atoms in total. The summed E-state index contributed by atoms with van der Waals surface area (Å²) >= 11 is 0. The number of nitrogens with one attached hydrogen (secondary N) is 2. The Kier molecular flexibility index (Phi) is 10.1. The van der Waals surface area contributed by atoms with Crippen LogP contribution < -0.4 is 10.0 Å². The smallest absolute Gasteiger partial charge is 0.229 e. The normalized spacial score (nSPS) is 14.2. The van der Waals surface area contributed by atoms with Crippen LogP contribution in [0.3, 0.4) is 0 Å². The van der Waals surface area contributed by atoms with E-state index in [-0.39, 0.29) is 0 Å². The molecule has 0 radical (unpaired) electrons. The van der Waals surface area contributed by atoms with Gasteiger partial charge in [0.05, 0.1) is 12.4 Å². The standard InChI is InChI=1S/C19H34N2O3S/c1-4-6-7-8-9-17(5-2)20-15-14-19(22)16-10-12-18(13-11-16)21-25(3,23)24/h10-13,17,19-22H,4-9,14-15H2,1-3H3. The maximum Gasteiger partial charge on any atom is 0.229 e. The number of aliphatic hydroxyl groups excluding tert-OH is 1. The van der Waals surface area contributed by atoms with Crippen LogP contribution in [-0.4, -0.2) is 32.4 Å². The first-order valence-corrected chi connectivity index (χ1v) is 11.2.